The molecule has 0 aromatic heterocycles. The van der Waals surface area contributed by atoms with Crippen LogP contribution in [-0.4, -0.2) is 38.4 Å². The summed E-state index contributed by atoms with van der Waals surface area (Å²) in [6.07, 6.45) is 5.58. The van der Waals surface area contributed by atoms with Gasteiger partial charge in [0.15, 0.2) is 0 Å². The molecule has 0 radical (unpaired) electrons. The van der Waals surface area contributed by atoms with E-state index >= 15 is 0 Å². The molecule has 2 rings (SSSR count). The van der Waals surface area contributed by atoms with Crippen LogP contribution in [0.3, 0.4) is 0 Å². The van der Waals surface area contributed by atoms with E-state index in [1.54, 1.807) is 0 Å². The van der Waals surface area contributed by atoms with E-state index in [2.05, 4.69) is 17.6 Å². The van der Waals surface area contributed by atoms with Crippen molar-refractivity contribution < 1.29 is 4.74 Å². The molecule has 2 fully saturated rings. The second-order valence-corrected chi connectivity index (χ2v) is 5.05. The normalized spacial score (nSPS) is 41.2. The van der Waals surface area contributed by atoms with E-state index in [0.29, 0.717) is 18.2 Å². The van der Waals surface area contributed by atoms with Gasteiger partial charge >= 0.3 is 0 Å². The summed E-state index contributed by atoms with van der Waals surface area (Å²) < 4.78 is 5.48. The van der Waals surface area contributed by atoms with Crippen LogP contribution in [-0.2, 0) is 4.74 Å². The molecule has 15 heavy (non-hydrogen) atoms. The Labute approximate surface area is 93.0 Å². The van der Waals surface area contributed by atoms with Crippen molar-refractivity contribution in [3.8, 4) is 0 Å². The molecule has 0 amide bonds. The van der Waals surface area contributed by atoms with Gasteiger partial charge in [-0.1, -0.05) is 6.92 Å². The lowest BCUT2D eigenvalue weighted by Gasteiger charge is -2.23. The third kappa shape index (κ3) is 2.71. The number of hydrogen-bond donors (Lipinski definition) is 2. The standard InChI is InChI=1S/C12H24N2O/c1-9-6-7-13-11(9)8-14-10-4-3-5-12(10)15-2/h9-14H,3-8H2,1-2H3. The van der Waals surface area contributed by atoms with E-state index in [1.165, 1.54) is 32.2 Å². The summed E-state index contributed by atoms with van der Waals surface area (Å²) in [7, 11) is 1.83. The van der Waals surface area contributed by atoms with Crippen LogP contribution in [0.15, 0.2) is 0 Å². The minimum absolute atomic E-state index is 0.446. The van der Waals surface area contributed by atoms with Gasteiger partial charge in [0.05, 0.1) is 6.10 Å². The summed E-state index contributed by atoms with van der Waals surface area (Å²) in [5.41, 5.74) is 0. The van der Waals surface area contributed by atoms with Crippen LogP contribution in [0.25, 0.3) is 0 Å². The quantitative estimate of drug-likeness (QED) is 0.733. The number of rotatable bonds is 4. The lowest BCUT2D eigenvalue weighted by molar-refractivity contribution is 0.0842. The molecule has 1 aliphatic heterocycles. The topological polar surface area (TPSA) is 33.3 Å². The Bertz CT molecular complexity index is 198. The monoisotopic (exact) mass is 212 g/mol. The average Bonchev–Trinajstić information content (AvgIpc) is 2.83. The molecule has 1 saturated carbocycles. The fourth-order valence-corrected chi connectivity index (χ4v) is 2.89. The van der Waals surface area contributed by atoms with Gasteiger partial charge in [0.25, 0.3) is 0 Å². The van der Waals surface area contributed by atoms with Crippen LogP contribution in [0, 0.1) is 5.92 Å². The van der Waals surface area contributed by atoms with E-state index in [-0.39, 0.29) is 0 Å². The van der Waals surface area contributed by atoms with Crippen LogP contribution in [0.5, 0.6) is 0 Å². The zero-order chi connectivity index (χ0) is 10.7. The van der Waals surface area contributed by atoms with Crippen LogP contribution in [0.1, 0.15) is 32.6 Å². The SMILES string of the molecule is COC1CCCC1NCC1NCCC1C. The first-order valence-electron chi connectivity index (χ1n) is 6.31. The molecular formula is C12H24N2O. The second kappa shape index (κ2) is 5.28. The molecule has 1 heterocycles. The maximum Gasteiger partial charge on any atom is 0.0724 e. The molecule has 0 spiro atoms. The molecule has 1 aliphatic carbocycles. The predicted octanol–water partition coefficient (Wildman–Crippen LogP) is 1.14. The maximum atomic E-state index is 5.48. The molecule has 0 aromatic rings. The molecule has 0 bridgehead atoms. The Balaban J connectivity index is 1.72. The Kier molecular flexibility index (Phi) is 4.00. The highest BCUT2D eigenvalue weighted by atomic mass is 16.5. The lowest BCUT2D eigenvalue weighted by Crippen LogP contribution is -2.44. The zero-order valence-corrected chi connectivity index (χ0v) is 9.96. The highest BCUT2D eigenvalue weighted by Crippen LogP contribution is 2.22. The van der Waals surface area contributed by atoms with Crippen molar-refractivity contribution in [3.05, 3.63) is 0 Å². The molecule has 0 aromatic carbocycles. The first-order chi connectivity index (χ1) is 7.31. The Morgan fingerprint density at radius 1 is 1.33 bits per heavy atom. The molecule has 3 heteroatoms. The van der Waals surface area contributed by atoms with E-state index in [0.717, 1.165) is 12.5 Å². The van der Waals surface area contributed by atoms with E-state index in [9.17, 15) is 0 Å². The minimum Gasteiger partial charge on any atom is -0.380 e. The number of nitrogens with one attached hydrogen (secondary N) is 2. The largest absolute Gasteiger partial charge is 0.380 e. The summed E-state index contributed by atoms with van der Waals surface area (Å²) in [6.45, 7) is 4.63. The van der Waals surface area contributed by atoms with Crippen molar-refractivity contribution in [2.45, 2.75) is 50.8 Å². The van der Waals surface area contributed by atoms with Gasteiger partial charge in [0, 0.05) is 25.7 Å². The predicted molar refractivity (Wildman–Crippen MR) is 62.0 cm³/mol. The molecule has 2 aliphatic rings. The van der Waals surface area contributed by atoms with Crippen molar-refractivity contribution >= 4 is 0 Å². The Morgan fingerprint density at radius 2 is 2.20 bits per heavy atom. The molecule has 88 valence electrons. The zero-order valence-electron chi connectivity index (χ0n) is 9.96. The fourth-order valence-electron chi connectivity index (χ4n) is 2.89. The van der Waals surface area contributed by atoms with Gasteiger partial charge in [-0.15, -0.1) is 0 Å². The lowest BCUT2D eigenvalue weighted by atomic mass is 10.0. The van der Waals surface area contributed by atoms with Crippen LogP contribution >= 0.6 is 0 Å². The highest BCUT2D eigenvalue weighted by Gasteiger charge is 2.29. The summed E-state index contributed by atoms with van der Waals surface area (Å²) >= 11 is 0. The minimum atomic E-state index is 0.446. The van der Waals surface area contributed by atoms with Gasteiger partial charge in [0.2, 0.25) is 0 Å². The van der Waals surface area contributed by atoms with Crippen LogP contribution < -0.4 is 10.6 Å². The van der Waals surface area contributed by atoms with Gasteiger partial charge in [0.1, 0.15) is 0 Å². The van der Waals surface area contributed by atoms with Gasteiger partial charge in [-0.25, -0.2) is 0 Å². The Morgan fingerprint density at radius 3 is 2.87 bits per heavy atom. The second-order valence-electron chi connectivity index (χ2n) is 5.05. The summed E-state index contributed by atoms with van der Waals surface area (Å²) in [5, 5.41) is 7.23. The number of hydrogen-bond acceptors (Lipinski definition) is 3. The third-order valence-corrected chi connectivity index (χ3v) is 4.05. The molecule has 4 unspecified atom stereocenters. The van der Waals surface area contributed by atoms with E-state index in [4.69, 9.17) is 4.74 Å². The van der Waals surface area contributed by atoms with Crippen molar-refractivity contribution in [2.75, 3.05) is 20.2 Å². The summed E-state index contributed by atoms with van der Waals surface area (Å²) in [6, 6.07) is 1.26. The maximum absolute atomic E-state index is 5.48. The van der Waals surface area contributed by atoms with Gasteiger partial charge in [-0.05, 0) is 38.1 Å². The van der Waals surface area contributed by atoms with Crippen molar-refractivity contribution in [2.24, 2.45) is 5.92 Å². The van der Waals surface area contributed by atoms with Crippen molar-refractivity contribution in [1.29, 1.82) is 0 Å². The third-order valence-electron chi connectivity index (χ3n) is 4.05. The molecule has 2 N–H and O–H groups in total. The van der Waals surface area contributed by atoms with Crippen LogP contribution in [0.2, 0.25) is 0 Å². The number of methoxy groups -OCH3 is 1. The highest BCUT2D eigenvalue weighted by molar-refractivity contribution is 4.88. The van der Waals surface area contributed by atoms with E-state index < -0.39 is 0 Å². The summed E-state index contributed by atoms with van der Waals surface area (Å²) in [4.78, 5) is 0. The molecular weight excluding hydrogens is 188 g/mol. The number of ether oxygens (including phenoxy) is 1. The summed E-state index contributed by atoms with van der Waals surface area (Å²) in [5.74, 6) is 0.819. The smallest absolute Gasteiger partial charge is 0.0724 e. The van der Waals surface area contributed by atoms with Gasteiger partial charge in [-0.2, -0.15) is 0 Å². The van der Waals surface area contributed by atoms with E-state index in [1.807, 2.05) is 7.11 Å². The molecule has 4 atom stereocenters. The van der Waals surface area contributed by atoms with Crippen molar-refractivity contribution in [3.63, 3.8) is 0 Å². The van der Waals surface area contributed by atoms with Crippen molar-refractivity contribution in [1.82, 2.24) is 10.6 Å². The molecule has 1 saturated heterocycles. The fraction of sp³-hybridized carbons (Fsp3) is 1.00. The van der Waals surface area contributed by atoms with Crippen LogP contribution in [0.4, 0.5) is 0 Å². The Hall–Kier alpha value is -0.120. The first-order valence-corrected chi connectivity index (χ1v) is 6.31. The van der Waals surface area contributed by atoms with Gasteiger partial charge < -0.3 is 15.4 Å². The first kappa shape index (κ1) is 11.4. The molecule has 3 nitrogen and oxygen atoms in total. The van der Waals surface area contributed by atoms with Gasteiger partial charge in [-0.3, -0.25) is 0 Å². The average molecular weight is 212 g/mol.